The van der Waals surface area contributed by atoms with E-state index in [1.165, 1.54) is 154 Å². The van der Waals surface area contributed by atoms with E-state index in [9.17, 15) is 14.7 Å². The van der Waals surface area contributed by atoms with E-state index in [0.717, 1.165) is 32.1 Å². The SMILES string of the molecule is CCCCCC/C=C/CCCCCCCCCC(=O)O[C@@H](CO)COC(=O)CCCCCCCCCCCCCCCCCC. The second kappa shape index (κ2) is 37.1. The summed E-state index contributed by atoms with van der Waals surface area (Å²) in [5.41, 5.74) is 0. The molecule has 0 aromatic heterocycles. The molecule has 0 spiro atoms. The summed E-state index contributed by atoms with van der Waals surface area (Å²) in [6.45, 7) is 4.14. The van der Waals surface area contributed by atoms with Gasteiger partial charge in [0.1, 0.15) is 6.61 Å². The predicted molar refractivity (Wildman–Crippen MR) is 192 cm³/mol. The van der Waals surface area contributed by atoms with E-state index in [2.05, 4.69) is 26.0 Å². The van der Waals surface area contributed by atoms with Gasteiger partial charge >= 0.3 is 11.9 Å². The normalized spacial score (nSPS) is 12.2. The molecule has 0 aliphatic rings. The minimum atomic E-state index is -0.766. The van der Waals surface area contributed by atoms with Crippen LogP contribution in [0.25, 0.3) is 0 Å². The predicted octanol–water partition coefficient (Wildman–Crippen LogP) is 12.1. The van der Waals surface area contributed by atoms with Gasteiger partial charge in [-0.3, -0.25) is 9.59 Å². The van der Waals surface area contributed by atoms with Crippen molar-refractivity contribution in [3.63, 3.8) is 0 Å². The molecule has 0 aliphatic heterocycles. The number of allylic oxidation sites excluding steroid dienone is 2. The number of rotatable bonds is 36. The van der Waals surface area contributed by atoms with Crippen molar-refractivity contribution in [2.24, 2.45) is 0 Å². The quantitative estimate of drug-likeness (QED) is 0.0421. The topological polar surface area (TPSA) is 72.8 Å². The van der Waals surface area contributed by atoms with Crippen LogP contribution in [0.15, 0.2) is 12.2 Å². The Bertz CT molecular complexity index is 647. The number of aliphatic hydroxyl groups is 1. The fraction of sp³-hybridized carbons (Fsp3) is 0.900. The lowest BCUT2D eigenvalue weighted by atomic mass is 10.0. The van der Waals surface area contributed by atoms with Gasteiger partial charge in [-0.05, 0) is 38.5 Å². The molecule has 1 N–H and O–H groups in total. The zero-order chi connectivity index (χ0) is 32.9. The summed E-state index contributed by atoms with van der Waals surface area (Å²) in [7, 11) is 0. The summed E-state index contributed by atoms with van der Waals surface area (Å²) < 4.78 is 10.6. The number of ether oxygens (including phenoxy) is 2. The van der Waals surface area contributed by atoms with Crippen molar-refractivity contribution >= 4 is 11.9 Å². The molecule has 0 aliphatic carbocycles. The third-order valence-corrected chi connectivity index (χ3v) is 8.81. The maximum atomic E-state index is 12.1. The van der Waals surface area contributed by atoms with Gasteiger partial charge in [0, 0.05) is 12.8 Å². The first kappa shape index (κ1) is 43.6. The van der Waals surface area contributed by atoms with E-state index < -0.39 is 6.10 Å². The van der Waals surface area contributed by atoms with Crippen LogP contribution in [0, 0.1) is 0 Å². The zero-order valence-corrected chi connectivity index (χ0v) is 30.1. The van der Waals surface area contributed by atoms with Crippen LogP contribution >= 0.6 is 0 Å². The van der Waals surface area contributed by atoms with Crippen molar-refractivity contribution in [2.75, 3.05) is 13.2 Å². The standard InChI is InChI=1S/C40H76O5/c1-3-5-7-9-11-13-15-17-19-21-22-24-26-28-30-32-34-39(42)44-37-38(36-41)45-40(43)35-33-31-29-27-25-23-20-18-16-14-12-10-8-6-4-2/h14,16,38,41H,3-13,15,17-37H2,1-2H3/b16-14+/t38-/m0/s1. The third kappa shape index (κ3) is 35.3. The molecule has 0 aromatic carbocycles. The highest BCUT2D eigenvalue weighted by Crippen LogP contribution is 2.15. The molecular formula is C40H76O5. The molecule has 0 unspecified atom stereocenters. The van der Waals surface area contributed by atoms with Crippen LogP contribution < -0.4 is 0 Å². The van der Waals surface area contributed by atoms with Crippen LogP contribution in [0.4, 0.5) is 0 Å². The zero-order valence-electron chi connectivity index (χ0n) is 30.1. The van der Waals surface area contributed by atoms with Crippen LogP contribution in [0.2, 0.25) is 0 Å². The Morgan fingerprint density at radius 1 is 0.489 bits per heavy atom. The second-order valence-electron chi connectivity index (χ2n) is 13.4. The highest BCUT2D eigenvalue weighted by atomic mass is 16.6. The van der Waals surface area contributed by atoms with Gasteiger partial charge in [-0.25, -0.2) is 0 Å². The van der Waals surface area contributed by atoms with Crippen LogP contribution in [0.5, 0.6) is 0 Å². The summed E-state index contributed by atoms with van der Waals surface area (Å²) in [6.07, 6.45) is 41.2. The van der Waals surface area contributed by atoms with Crippen molar-refractivity contribution in [2.45, 2.75) is 219 Å². The monoisotopic (exact) mass is 637 g/mol. The van der Waals surface area contributed by atoms with Crippen molar-refractivity contribution in [1.29, 1.82) is 0 Å². The van der Waals surface area contributed by atoms with Gasteiger partial charge in [-0.1, -0.05) is 174 Å². The molecule has 0 saturated heterocycles. The highest BCUT2D eigenvalue weighted by molar-refractivity contribution is 5.70. The molecule has 0 aromatic rings. The molecule has 266 valence electrons. The Kier molecular flexibility index (Phi) is 36.0. The first-order chi connectivity index (χ1) is 22.1. The fourth-order valence-electron chi connectivity index (χ4n) is 5.78. The molecule has 0 bridgehead atoms. The number of unbranched alkanes of at least 4 members (excludes halogenated alkanes) is 26. The summed E-state index contributed by atoms with van der Waals surface area (Å²) >= 11 is 0. The summed E-state index contributed by atoms with van der Waals surface area (Å²) in [4.78, 5) is 24.2. The van der Waals surface area contributed by atoms with Gasteiger partial charge < -0.3 is 14.6 Å². The van der Waals surface area contributed by atoms with E-state index in [1.807, 2.05) is 0 Å². The highest BCUT2D eigenvalue weighted by Gasteiger charge is 2.16. The average molecular weight is 637 g/mol. The van der Waals surface area contributed by atoms with E-state index in [0.29, 0.717) is 12.8 Å². The number of hydrogen-bond acceptors (Lipinski definition) is 5. The Morgan fingerprint density at radius 3 is 1.22 bits per heavy atom. The molecule has 5 nitrogen and oxygen atoms in total. The summed E-state index contributed by atoms with van der Waals surface area (Å²) in [5, 5.41) is 9.54. The number of carbonyl (C=O) groups excluding carboxylic acids is 2. The molecule has 0 rings (SSSR count). The number of aliphatic hydroxyl groups excluding tert-OH is 1. The average Bonchev–Trinajstić information content (AvgIpc) is 3.04. The Balaban J connectivity index is 3.52. The molecule has 5 heteroatoms. The Labute approximate surface area is 280 Å². The lowest BCUT2D eigenvalue weighted by Gasteiger charge is -2.15. The van der Waals surface area contributed by atoms with Gasteiger partial charge in [0.05, 0.1) is 6.61 Å². The van der Waals surface area contributed by atoms with Crippen LogP contribution in [0.1, 0.15) is 213 Å². The first-order valence-electron chi connectivity index (χ1n) is 19.7. The van der Waals surface area contributed by atoms with Gasteiger partial charge in [-0.2, -0.15) is 0 Å². The molecule has 0 heterocycles. The maximum Gasteiger partial charge on any atom is 0.306 e. The summed E-state index contributed by atoms with van der Waals surface area (Å²) in [5.74, 6) is -0.585. The lowest BCUT2D eigenvalue weighted by molar-refractivity contribution is -0.161. The van der Waals surface area contributed by atoms with Gasteiger partial charge in [0.25, 0.3) is 0 Å². The molecule has 1 atom stereocenters. The van der Waals surface area contributed by atoms with E-state index >= 15 is 0 Å². The number of carbonyl (C=O) groups is 2. The smallest absolute Gasteiger partial charge is 0.306 e. The van der Waals surface area contributed by atoms with Crippen LogP contribution in [0.3, 0.4) is 0 Å². The molecule has 45 heavy (non-hydrogen) atoms. The minimum absolute atomic E-state index is 0.0615. The van der Waals surface area contributed by atoms with Crippen molar-refractivity contribution in [3.05, 3.63) is 12.2 Å². The Hall–Kier alpha value is -1.36. The van der Waals surface area contributed by atoms with E-state index in [4.69, 9.17) is 9.47 Å². The molecular weight excluding hydrogens is 560 g/mol. The first-order valence-corrected chi connectivity index (χ1v) is 19.7. The number of hydrogen-bond donors (Lipinski definition) is 1. The number of esters is 2. The third-order valence-electron chi connectivity index (χ3n) is 8.81. The molecule has 0 radical (unpaired) electrons. The van der Waals surface area contributed by atoms with Crippen LogP contribution in [-0.4, -0.2) is 36.4 Å². The van der Waals surface area contributed by atoms with Gasteiger partial charge in [-0.15, -0.1) is 0 Å². The molecule has 0 fully saturated rings. The molecule has 0 amide bonds. The largest absolute Gasteiger partial charge is 0.462 e. The Morgan fingerprint density at radius 2 is 0.822 bits per heavy atom. The van der Waals surface area contributed by atoms with Crippen molar-refractivity contribution in [1.82, 2.24) is 0 Å². The second-order valence-corrected chi connectivity index (χ2v) is 13.4. The van der Waals surface area contributed by atoms with Crippen molar-refractivity contribution in [3.8, 4) is 0 Å². The maximum absolute atomic E-state index is 12.1. The van der Waals surface area contributed by atoms with Gasteiger partial charge in [0.2, 0.25) is 0 Å². The molecule has 0 saturated carbocycles. The fourth-order valence-corrected chi connectivity index (χ4v) is 5.78. The van der Waals surface area contributed by atoms with E-state index in [-0.39, 0.29) is 25.2 Å². The van der Waals surface area contributed by atoms with Gasteiger partial charge in [0.15, 0.2) is 6.10 Å². The summed E-state index contributed by atoms with van der Waals surface area (Å²) in [6, 6.07) is 0. The van der Waals surface area contributed by atoms with Crippen molar-refractivity contribution < 1.29 is 24.2 Å². The lowest BCUT2D eigenvalue weighted by Crippen LogP contribution is -2.28. The minimum Gasteiger partial charge on any atom is -0.462 e. The van der Waals surface area contributed by atoms with Crippen LogP contribution in [-0.2, 0) is 19.1 Å². The van der Waals surface area contributed by atoms with E-state index in [1.54, 1.807) is 0 Å².